The summed E-state index contributed by atoms with van der Waals surface area (Å²) in [6.45, 7) is 6.77. The van der Waals surface area contributed by atoms with E-state index in [1.807, 2.05) is 6.07 Å². The predicted molar refractivity (Wildman–Crippen MR) is 157 cm³/mol. The van der Waals surface area contributed by atoms with Gasteiger partial charge in [-0.05, 0) is 65.5 Å². The third-order valence-electron chi connectivity index (χ3n) is 8.29. The summed E-state index contributed by atoms with van der Waals surface area (Å²) in [7, 11) is 0. The summed E-state index contributed by atoms with van der Waals surface area (Å²) in [4.78, 5) is 12.5. The molecule has 2 aromatic carbocycles. The van der Waals surface area contributed by atoms with Crippen LogP contribution in [0.5, 0.6) is 0 Å². The Morgan fingerprint density at radius 2 is 1.25 bits per heavy atom. The van der Waals surface area contributed by atoms with Gasteiger partial charge in [-0.2, -0.15) is 0 Å². The van der Waals surface area contributed by atoms with E-state index in [4.69, 9.17) is 0 Å². The lowest BCUT2D eigenvalue weighted by molar-refractivity contribution is 0.0979. The third-order valence-corrected chi connectivity index (χ3v) is 8.29. The summed E-state index contributed by atoms with van der Waals surface area (Å²) in [5.41, 5.74) is 7.87. The smallest absolute Gasteiger partial charge is 0.162 e. The Kier molecular flexibility index (Phi) is 12.8. The number of carbonyl (C=O) groups excluding carboxylic acids is 1. The van der Waals surface area contributed by atoms with Crippen LogP contribution in [0.4, 0.5) is 0 Å². The molecule has 3 rings (SSSR count). The van der Waals surface area contributed by atoms with Gasteiger partial charge < -0.3 is 0 Å². The molecule has 0 amide bonds. The van der Waals surface area contributed by atoms with Crippen molar-refractivity contribution in [2.75, 3.05) is 0 Å². The van der Waals surface area contributed by atoms with Gasteiger partial charge in [-0.15, -0.1) is 0 Å². The Balaban J connectivity index is 1.48. The molecule has 1 heteroatoms. The second kappa shape index (κ2) is 16.1. The molecule has 1 nitrogen and oxygen atoms in total. The van der Waals surface area contributed by atoms with Crippen LogP contribution in [-0.2, 0) is 12.8 Å². The standard InChI is InChI=1S/C35H52O/c1-4-7-10-12-16-28(17-13-11-8-5-2)18-14-15-19-29-21-23-33-31(25-29)27-32-26-30(22-24-34(32)33)35(36)20-9-6-3/h21-26,28H,4-20,27H2,1-3H3. The summed E-state index contributed by atoms with van der Waals surface area (Å²) < 4.78 is 0. The largest absolute Gasteiger partial charge is 0.294 e. The fourth-order valence-corrected chi connectivity index (χ4v) is 5.99. The molecule has 2 aromatic rings. The van der Waals surface area contributed by atoms with Gasteiger partial charge in [-0.1, -0.05) is 135 Å². The zero-order chi connectivity index (χ0) is 25.6. The average Bonchev–Trinajstić information content (AvgIpc) is 3.26. The number of fused-ring (bicyclic) bond motifs is 3. The Hall–Kier alpha value is -1.89. The van der Waals surface area contributed by atoms with Crippen LogP contribution in [0.15, 0.2) is 36.4 Å². The highest BCUT2D eigenvalue weighted by atomic mass is 16.1. The Morgan fingerprint density at radius 3 is 1.89 bits per heavy atom. The minimum absolute atomic E-state index is 0.297. The molecule has 198 valence electrons. The highest BCUT2D eigenvalue weighted by molar-refractivity contribution is 5.97. The van der Waals surface area contributed by atoms with Crippen LogP contribution in [0.3, 0.4) is 0 Å². The lowest BCUT2D eigenvalue weighted by Gasteiger charge is -2.17. The fourth-order valence-electron chi connectivity index (χ4n) is 5.99. The van der Waals surface area contributed by atoms with E-state index >= 15 is 0 Å². The second-order valence-electron chi connectivity index (χ2n) is 11.4. The molecule has 0 spiro atoms. The molecule has 0 aliphatic heterocycles. The molecular formula is C35H52O. The number of Topliss-reactive ketones (excluding diaryl/α,β-unsaturated/α-hetero) is 1. The molecule has 0 saturated carbocycles. The number of hydrogen-bond acceptors (Lipinski definition) is 1. The minimum atomic E-state index is 0.297. The molecule has 0 fully saturated rings. The lowest BCUT2D eigenvalue weighted by atomic mass is 9.89. The van der Waals surface area contributed by atoms with Gasteiger partial charge in [0.25, 0.3) is 0 Å². The van der Waals surface area contributed by atoms with Gasteiger partial charge in [0.2, 0.25) is 0 Å². The molecule has 0 radical (unpaired) electrons. The first-order chi connectivity index (χ1) is 17.7. The second-order valence-corrected chi connectivity index (χ2v) is 11.4. The Labute approximate surface area is 222 Å². The summed E-state index contributed by atoms with van der Waals surface area (Å²) in [5, 5.41) is 0. The van der Waals surface area contributed by atoms with Gasteiger partial charge in [-0.3, -0.25) is 4.79 Å². The topological polar surface area (TPSA) is 17.1 Å². The number of benzene rings is 2. The normalized spacial score (nSPS) is 12.2. The van der Waals surface area contributed by atoms with Gasteiger partial charge in [0, 0.05) is 12.0 Å². The number of carbonyl (C=O) groups is 1. The van der Waals surface area contributed by atoms with Gasteiger partial charge >= 0.3 is 0 Å². The van der Waals surface area contributed by atoms with Crippen molar-refractivity contribution >= 4 is 5.78 Å². The van der Waals surface area contributed by atoms with E-state index in [1.54, 1.807) is 0 Å². The van der Waals surface area contributed by atoms with Crippen LogP contribution >= 0.6 is 0 Å². The molecule has 1 aliphatic carbocycles. The highest BCUT2D eigenvalue weighted by Crippen LogP contribution is 2.38. The third kappa shape index (κ3) is 8.89. The molecule has 0 bridgehead atoms. The first kappa shape index (κ1) is 28.7. The number of ketones is 1. The van der Waals surface area contributed by atoms with E-state index in [9.17, 15) is 4.79 Å². The van der Waals surface area contributed by atoms with E-state index in [0.29, 0.717) is 12.2 Å². The lowest BCUT2D eigenvalue weighted by Crippen LogP contribution is -2.02. The SMILES string of the molecule is CCCCCCC(CCCCCC)CCCCc1ccc2c(c1)Cc1cc(C(=O)CCCC)ccc1-2. The molecule has 36 heavy (non-hydrogen) atoms. The van der Waals surface area contributed by atoms with Crippen LogP contribution < -0.4 is 0 Å². The highest BCUT2D eigenvalue weighted by Gasteiger charge is 2.20. The van der Waals surface area contributed by atoms with Crippen molar-refractivity contribution in [2.24, 2.45) is 5.92 Å². The Bertz CT molecular complexity index is 912. The molecule has 0 unspecified atom stereocenters. The van der Waals surface area contributed by atoms with Crippen molar-refractivity contribution < 1.29 is 4.79 Å². The molecule has 0 aromatic heterocycles. The zero-order valence-electron chi connectivity index (χ0n) is 23.7. The van der Waals surface area contributed by atoms with E-state index in [-0.39, 0.29) is 0 Å². The number of aryl methyl sites for hydroxylation is 1. The van der Waals surface area contributed by atoms with Crippen molar-refractivity contribution in [1.29, 1.82) is 0 Å². The summed E-state index contributed by atoms with van der Waals surface area (Å²) in [5.74, 6) is 1.24. The summed E-state index contributed by atoms with van der Waals surface area (Å²) in [6, 6.07) is 13.5. The molecule has 0 N–H and O–H groups in total. The van der Waals surface area contributed by atoms with Gasteiger partial charge in [0.1, 0.15) is 0 Å². The van der Waals surface area contributed by atoms with Crippen molar-refractivity contribution in [3.63, 3.8) is 0 Å². The first-order valence-electron chi connectivity index (χ1n) is 15.4. The van der Waals surface area contributed by atoms with Crippen LogP contribution in [0.2, 0.25) is 0 Å². The van der Waals surface area contributed by atoms with Crippen LogP contribution in [-0.4, -0.2) is 5.78 Å². The molecular weight excluding hydrogens is 436 g/mol. The predicted octanol–water partition coefficient (Wildman–Crippen LogP) is 10.9. The summed E-state index contributed by atoms with van der Waals surface area (Å²) >= 11 is 0. The Morgan fingerprint density at radius 1 is 0.667 bits per heavy atom. The van der Waals surface area contributed by atoms with Gasteiger partial charge in [0.05, 0.1) is 0 Å². The van der Waals surface area contributed by atoms with E-state index in [1.165, 1.54) is 118 Å². The van der Waals surface area contributed by atoms with Gasteiger partial charge in [0.15, 0.2) is 5.78 Å². The van der Waals surface area contributed by atoms with E-state index < -0.39 is 0 Å². The molecule has 1 aliphatic rings. The first-order valence-corrected chi connectivity index (χ1v) is 15.4. The zero-order valence-corrected chi connectivity index (χ0v) is 23.7. The summed E-state index contributed by atoms with van der Waals surface area (Å²) in [6.07, 6.45) is 23.1. The number of rotatable bonds is 19. The maximum atomic E-state index is 12.5. The maximum Gasteiger partial charge on any atom is 0.162 e. The van der Waals surface area contributed by atoms with Crippen LogP contribution in [0.25, 0.3) is 11.1 Å². The van der Waals surface area contributed by atoms with E-state index in [0.717, 1.165) is 30.7 Å². The number of unbranched alkanes of at least 4 members (excludes halogenated alkanes) is 8. The van der Waals surface area contributed by atoms with Crippen LogP contribution in [0, 0.1) is 5.92 Å². The maximum absolute atomic E-state index is 12.5. The van der Waals surface area contributed by atoms with Crippen molar-refractivity contribution in [2.45, 2.75) is 136 Å². The van der Waals surface area contributed by atoms with Gasteiger partial charge in [-0.25, -0.2) is 0 Å². The van der Waals surface area contributed by atoms with E-state index in [2.05, 4.69) is 51.1 Å². The van der Waals surface area contributed by atoms with Crippen LogP contribution in [0.1, 0.15) is 151 Å². The quantitative estimate of drug-likeness (QED) is 0.121. The molecule has 0 heterocycles. The average molecular weight is 489 g/mol. The van der Waals surface area contributed by atoms with Crippen molar-refractivity contribution in [1.82, 2.24) is 0 Å². The van der Waals surface area contributed by atoms with Crippen molar-refractivity contribution in [3.05, 3.63) is 58.7 Å². The minimum Gasteiger partial charge on any atom is -0.294 e. The molecule has 0 atom stereocenters. The fraction of sp³-hybridized carbons (Fsp3) is 0.629. The molecule has 0 saturated heterocycles. The monoisotopic (exact) mass is 488 g/mol. The number of hydrogen-bond donors (Lipinski definition) is 0. The van der Waals surface area contributed by atoms with Crippen molar-refractivity contribution in [3.8, 4) is 11.1 Å².